The predicted molar refractivity (Wildman–Crippen MR) is 102 cm³/mol. The Bertz CT molecular complexity index is 263. The van der Waals surface area contributed by atoms with Crippen molar-refractivity contribution in [3.63, 3.8) is 0 Å². The third kappa shape index (κ3) is 9.10. The molecular weight excluding hydrogens is 282 g/mol. The van der Waals surface area contributed by atoms with E-state index in [1.807, 2.05) is 0 Å². The first-order chi connectivity index (χ1) is 11.2. The SMILES string of the molecule is CCCCCCCCCCCCCCC(CCC)C1(N)CCO1. The average molecular weight is 326 g/mol. The molecule has 0 aliphatic carbocycles. The summed E-state index contributed by atoms with van der Waals surface area (Å²) in [6.45, 7) is 5.42. The van der Waals surface area contributed by atoms with Gasteiger partial charge in [-0.15, -0.1) is 0 Å². The number of hydrogen-bond donors (Lipinski definition) is 1. The first kappa shape index (κ1) is 21.0. The van der Waals surface area contributed by atoms with Crippen molar-refractivity contribution in [3.8, 4) is 0 Å². The number of hydrogen-bond acceptors (Lipinski definition) is 2. The minimum atomic E-state index is -0.270. The first-order valence-electron chi connectivity index (χ1n) is 10.7. The molecule has 1 heterocycles. The second-order valence-corrected chi connectivity index (χ2v) is 7.72. The van der Waals surface area contributed by atoms with Crippen LogP contribution in [-0.4, -0.2) is 12.3 Å². The molecule has 23 heavy (non-hydrogen) atoms. The van der Waals surface area contributed by atoms with Crippen LogP contribution < -0.4 is 5.73 Å². The topological polar surface area (TPSA) is 35.2 Å². The van der Waals surface area contributed by atoms with E-state index in [1.165, 1.54) is 96.3 Å². The minimum Gasteiger partial charge on any atom is -0.360 e. The van der Waals surface area contributed by atoms with Crippen molar-refractivity contribution < 1.29 is 4.74 Å². The van der Waals surface area contributed by atoms with Crippen molar-refractivity contribution in [2.75, 3.05) is 6.61 Å². The van der Waals surface area contributed by atoms with Crippen LogP contribution in [0.25, 0.3) is 0 Å². The lowest BCUT2D eigenvalue weighted by molar-refractivity contribution is -0.180. The zero-order valence-electron chi connectivity index (χ0n) is 16.1. The lowest BCUT2D eigenvalue weighted by atomic mass is 9.82. The van der Waals surface area contributed by atoms with Gasteiger partial charge in [0.05, 0.1) is 6.61 Å². The zero-order valence-corrected chi connectivity index (χ0v) is 16.1. The fraction of sp³-hybridized carbons (Fsp3) is 1.00. The lowest BCUT2D eigenvalue weighted by Gasteiger charge is -2.44. The molecule has 1 aliphatic rings. The molecule has 2 atom stereocenters. The number of unbranched alkanes of at least 4 members (excludes halogenated alkanes) is 11. The molecule has 1 fully saturated rings. The van der Waals surface area contributed by atoms with E-state index in [1.54, 1.807) is 0 Å². The number of rotatable bonds is 16. The molecular formula is C21H43NO. The Kier molecular flexibility index (Phi) is 12.1. The summed E-state index contributed by atoms with van der Waals surface area (Å²) >= 11 is 0. The van der Waals surface area contributed by atoms with Gasteiger partial charge in [0.1, 0.15) is 5.72 Å². The fourth-order valence-corrected chi connectivity index (χ4v) is 3.87. The molecule has 0 saturated carbocycles. The smallest absolute Gasteiger partial charge is 0.121 e. The van der Waals surface area contributed by atoms with E-state index in [4.69, 9.17) is 10.5 Å². The molecule has 2 unspecified atom stereocenters. The van der Waals surface area contributed by atoms with Crippen molar-refractivity contribution in [2.24, 2.45) is 11.7 Å². The maximum atomic E-state index is 6.35. The van der Waals surface area contributed by atoms with Gasteiger partial charge in [0.2, 0.25) is 0 Å². The van der Waals surface area contributed by atoms with Crippen molar-refractivity contribution in [1.29, 1.82) is 0 Å². The van der Waals surface area contributed by atoms with Crippen LogP contribution in [0.3, 0.4) is 0 Å². The van der Waals surface area contributed by atoms with Gasteiger partial charge >= 0.3 is 0 Å². The quantitative estimate of drug-likeness (QED) is 0.326. The molecule has 0 radical (unpaired) electrons. The van der Waals surface area contributed by atoms with Gasteiger partial charge in [0.15, 0.2) is 0 Å². The Hall–Kier alpha value is -0.0800. The molecule has 1 rings (SSSR count). The average Bonchev–Trinajstić information content (AvgIpc) is 2.52. The van der Waals surface area contributed by atoms with Gasteiger partial charge in [0, 0.05) is 12.3 Å². The highest BCUT2D eigenvalue weighted by molar-refractivity contribution is 4.88. The second-order valence-electron chi connectivity index (χ2n) is 7.72. The van der Waals surface area contributed by atoms with E-state index in [9.17, 15) is 0 Å². The van der Waals surface area contributed by atoms with E-state index >= 15 is 0 Å². The summed E-state index contributed by atoms with van der Waals surface area (Å²) in [5.41, 5.74) is 6.08. The fourth-order valence-electron chi connectivity index (χ4n) is 3.87. The Labute approximate surface area is 145 Å². The Balaban J connectivity index is 1.88. The van der Waals surface area contributed by atoms with Crippen molar-refractivity contribution in [1.82, 2.24) is 0 Å². The molecule has 1 saturated heterocycles. The van der Waals surface area contributed by atoms with Gasteiger partial charge < -0.3 is 10.5 Å². The largest absolute Gasteiger partial charge is 0.360 e. The molecule has 0 spiro atoms. The van der Waals surface area contributed by atoms with Crippen LogP contribution in [-0.2, 0) is 4.74 Å². The molecule has 0 amide bonds. The summed E-state index contributed by atoms with van der Waals surface area (Å²) in [6, 6.07) is 0. The third-order valence-corrected chi connectivity index (χ3v) is 5.60. The monoisotopic (exact) mass is 325 g/mol. The minimum absolute atomic E-state index is 0.270. The maximum Gasteiger partial charge on any atom is 0.121 e. The van der Waals surface area contributed by atoms with Crippen LogP contribution in [0.1, 0.15) is 117 Å². The Morgan fingerprint density at radius 2 is 1.22 bits per heavy atom. The standard InChI is InChI=1S/C21H43NO/c1-3-5-6-7-8-9-10-11-12-13-14-15-17-20(16-4-2)21(22)18-19-23-21/h20H,3-19,22H2,1-2H3. The molecule has 2 N–H and O–H groups in total. The van der Waals surface area contributed by atoms with Gasteiger partial charge in [-0.2, -0.15) is 0 Å². The van der Waals surface area contributed by atoms with Crippen molar-refractivity contribution >= 4 is 0 Å². The normalized spacial score (nSPS) is 22.0. The summed E-state index contributed by atoms with van der Waals surface area (Å²) < 4.78 is 5.67. The highest BCUT2D eigenvalue weighted by atomic mass is 16.5. The molecule has 2 heteroatoms. The summed E-state index contributed by atoms with van der Waals surface area (Å²) in [5, 5.41) is 0. The maximum absolute atomic E-state index is 6.35. The Morgan fingerprint density at radius 1 is 0.739 bits per heavy atom. The van der Waals surface area contributed by atoms with Gasteiger partial charge in [-0.3, -0.25) is 0 Å². The van der Waals surface area contributed by atoms with Gasteiger partial charge in [-0.25, -0.2) is 0 Å². The van der Waals surface area contributed by atoms with Crippen molar-refractivity contribution in [3.05, 3.63) is 0 Å². The molecule has 138 valence electrons. The lowest BCUT2D eigenvalue weighted by Crippen LogP contribution is -2.57. The Morgan fingerprint density at radius 3 is 1.61 bits per heavy atom. The van der Waals surface area contributed by atoms with E-state index < -0.39 is 0 Å². The molecule has 2 nitrogen and oxygen atoms in total. The van der Waals surface area contributed by atoms with E-state index in [0.717, 1.165) is 13.0 Å². The van der Waals surface area contributed by atoms with Gasteiger partial charge in [0.25, 0.3) is 0 Å². The summed E-state index contributed by atoms with van der Waals surface area (Å²) in [4.78, 5) is 0. The van der Waals surface area contributed by atoms with E-state index in [0.29, 0.717) is 5.92 Å². The summed E-state index contributed by atoms with van der Waals surface area (Å²) in [5.74, 6) is 0.587. The van der Waals surface area contributed by atoms with E-state index in [2.05, 4.69) is 13.8 Å². The number of ether oxygens (including phenoxy) is 1. The third-order valence-electron chi connectivity index (χ3n) is 5.60. The summed E-state index contributed by atoms with van der Waals surface area (Å²) in [6.07, 6.45) is 21.8. The van der Waals surface area contributed by atoms with Crippen LogP contribution in [0.2, 0.25) is 0 Å². The van der Waals surface area contributed by atoms with Crippen LogP contribution >= 0.6 is 0 Å². The molecule has 0 aromatic heterocycles. The zero-order chi connectivity index (χ0) is 16.8. The highest BCUT2D eigenvalue weighted by Crippen LogP contribution is 2.35. The van der Waals surface area contributed by atoms with Crippen LogP contribution in [0.5, 0.6) is 0 Å². The van der Waals surface area contributed by atoms with Crippen molar-refractivity contribution in [2.45, 2.75) is 122 Å². The van der Waals surface area contributed by atoms with Gasteiger partial charge in [-0.1, -0.05) is 97.3 Å². The van der Waals surface area contributed by atoms with Crippen LogP contribution in [0.4, 0.5) is 0 Å². The van der Waals surface area contributed by atoms with E-state index in [-0.39, 0.29) is 5.72 Å². The first-order valence-corrected chi connectivity index (χ1v) is 10.7. The van der Waals surface area contributed by atoms with Crippen LogP contribution in [0.15, 0.2) is 0 Å². The molecule has 0 aromatic rings. The highest BCUT2D eigenvalue weighted by Gasteiger charge is 2.40. The molecule has 0 aromatic carbocycles. The van der Waals surface area contributed by atoms with Crippen LogP contribution in [0, 0.1) is 5.92 Å². The summed E-state index contributed by atoms with van der Waals surface area (Å²) in [7, 11) is 0. The molecule has 0 bridgehead atoms. The number of nitrogens with two attached hydrogens (primary N) is 1. The molecule has 1 aliphatic heterocycles. The predicted octanol–water partition coefficient (Wildman–Crippen LogP) is 6.57. The van der Waals surface area contributed by atoms with Gasteiger partial charge in [-0.05, 0) is 12.8 Å². The second kappa shape index (κ2) is 13.2.